The van der Waals surface area contributed by atoms with Gasteiger partial charge in [-0.25, -0.2) is 5.43 Å². The summed E-state index contributed by atoms with van der Waals surface area (Å²) in [6, 6.07) is 20.9. The van der Waals surface area contributed by atoms with Gasteiger partial charge in [-0.05, 0) is 36.2 Å². The van der Waals surface area contributed by atoms with Gasteiger partial charge >= 0.3 is 0 Å². The molecule has 3 rings (SSSR count). The zero-order chi connectivity index (χ0) is 17.5. The van der Waals surface area contributed by atoms with Crippen molar-refractivity contribution in [3.05, 3.63) is 83.1 Å². The monoisotopic (exact) mass is 352 g/mol. The molecule has 1 heterocycles. The Morgan fingerprint density at radius 1 is 1.08 bits per heavy atom. The Hall–Kier alpha value is -2.85. The van der Waals surface area contributed by atoms with E-state index in [0.29, 0.717) is 29.4 Å². The SMILES string of the molecule is O=C(CCc1ccccc1)N/N=C\c1ccc(-c2cccc(Cl)c2)o1. The molecule has 1 N–H and O–H groups in total. The van der Waals surface area contributed by atoms with E-state index in [2.05, 4.69) is 10.5 Å². The first kappa shape index (κ1) is 17.0. The van der Waals surface area contributed by atoms with E-state index in [1.165, 1.54) is 6.21 Å². The number of hydrogen-bond donors (Lipinski definition) is 1. The fourth-order valence-corrected chi connectivity index (χ4v) is 2.54. The lowest BCUT2D eigenvalue weighted by Gasteiger charge is -2.00. The maximum absolute atomic E-state index is 11.8. The molecule has 1 aromatic heterocycles. The summed E-state index contributed by atoms with van der Waals surface area (Å²) in [4.78, 5) is 11.8. The fraction of sp³-hybridized carbons (Fsp3) is 0.100. The molecule has 0 saturated carbocycles. The first-order valence-electron chi connectivity index (χ1n) is 7.92. The minimum absolute atomic E-state index is 0.137. The number of carbonyl (C=O) groups is 1. The van der Waals surface area contributed by atoms with Crippen LogP contribution in [-0.2, 0) is 11.2 Å². The van der Waals surface area contributed by atoms with Crippen molar-refractivity contribution < 1.29 is 9.21 Å². The molecule has 0 spiro atoms. The van der Waals surface area contributed by atoms with E-state index in [-0.39, 0.29) is 5.91 Å². The van der Waals surface area contributed by atoms with Crippen LogP contribution in [0.4, 0.5) is 0 Å². The molecule has 0 bridgehead atoms. The number of hydrazone groups is 1. The second-order valence-corrected chi connectivity index (χ2v) is 5.93. The average molecular weight is 353 g/mol. The third kappa shape index (κ3) is 5.06. The first-order chi connectivity index (χ1) is 12.2. The summed E-state index contributed by atoms with van der Waals surface area (Å²) in [6.07, 6.45) is 2.55. The van der Waals surface area contributed by atoms with Crippen molar-refractivity contribution in [2.75, 3.05) is 0 Å². The van der Waals surface area contributed by atoms with Crippen molar-refractivity contribution in [3.63, 3.8) is 0 Å². The minimum Gasteiger partial charge on any atom is -0.455 e. The Morgan fingerprint density at radius 3 is 2.72 bits per heavy atom. The van der Waals surface area contributed by atoms with Crippen LogP contribution in [0.25, 0.3) is 11.3 Å². The molecule has 0 radical (unpaired) electrons. The number of hydrogen-bond acceptors (Lipinski definition) is 3. The second kappa shape index (κ2) is 8.31. The quantitative estimate of drug-likeness (QED) is 0.517. The van der Waals surface area contributed by atoms with Crippen molar-refractivity contribution in [1.29, 1.82) is 0 Å². The van der Waals surface area contributed by atoms with Gasteiger partial charge < -0.3 is 4.42 Å². The standard InChI is InChI=1S/C20H17ClN2O2/c21-17-8-4-7-16(13-17)19-11-10-18(25-19)14-22-23-20(24)12-9-15-5-2-1-3-6-15/h1-8,10-11,13-14H,9,12H2,(H,23,24)/b22-14-. The van der Waals surface area contributed by atoms with Crippen molar-refractivity contribution in [3.8, 4) is 11.3 Å². The molecule has 0 atom stereocenters. The molecule has 0 unspecified atom stereocenters. The van der Waals surface area contributed by atoms with Gasteiger partial charge in [0.05, 0.1) is 6.21 Å². The van der Waals surface area contributed by atoms with E-state index in [1.54, 1.807) is 12.1 Å². The number of benzene rings is 2. The highest BCUT2D eigenvalue weighted by Crippen LogP contribution is 2.24. The smallest absolute Gasteiger partial charge is 0.240 e. The lowest BCUT2D eigenvalue weighted by molar-refractivity contribution is -0.121. The average Bonchev–Trinajstić information content (AvgIpc) is 3.10. The molecule has 4 nitrogen and oxygen atoms in total. The second-order valence-electron chi connectivity index (χ2n) is 5.49. The number of nitrogens with zero attached hydrogens (tertiary/aromatic N) is 1. The highest BCUT2D eigenvalue weighted by molar-refractivity contribution is 6.30. The van der Waals surface area contributed by atoms with E-state index in [1.807, 2.05) is 54.6 Å². The molecule has 0 saturated heterocycles. The van der Waals surface area contributed by atoms with Gasteiger partial charge in [0.1, 0.15) is 11.5 Å². The van der Waals surface area contributed by atoms with Crippen molar-refractivity contribution in [2.45, 2.75) is 12.8 Å². The molecule has 0 aliphatic heterocycles. The molecular weight excluding hydrogens is 336 g/mol. The summed E-state index contributed by atoms with van der Waals surface area (Å²) < 4.78 is 5.68. The Morgan fingerprint density at radius 2 is 1.92 bits per heavy atom. The number of aryl methyl sites for hydroxylation is 1. The Kier molecular flexibility index (Phi) is 5.65. The number of rotatable bonds is 6. The minimum atomic E-state index is -0.137. The maximum Gasteiger partial charge on any atom is 0.240 e. The molecule has 0 fully saturated rings. The van der Waals surface area contributed by atoms with Gasteiger partial charge in [-0.3, -0.25) is 4.79 Å². The van der Waals surface area contributed by atoms with Crippen LogP contribution >= 0.6 is 11.6 Å². The van der Waals surface area contributed by atoms with E-state index in [9.17, 15) is 4.79 Å². The predicted octanol–water partition coefficient (Wildman–Crippen LogP) is 4.68. The molecular formula is C20H17ClN2O2. The summed E-state index contributed by atoms with van der Waals surface area (Å²) in [5, 5.41) is 4.58. The topological polar surface area (TPSA) is 54.6 Å². The van der Waals surface area contributed by atoms with Gasteiger partial charge in [0.15, 0.2) is 0 Å². The van der Waals surface area contributed by atoms with Crippen LogP contribution in [-0.4, -0.2) is 12.1 Å². The van der Waals surface area contributed by atoms with Gasteiger partial charge in [-0.2, -0.15) is 5.10 Å². The Bertz CT molecular complexity index is 872. The molecule has 1 amide bonds. The molecule has 126 valence electrons. The number of nitrogens with one attached hydrogen (secondary N) is 1. The molecule has 3 aromatic rings. The summed E-state index contributed by atoms with van der Waals surface area (Å²) >= 11 is 5.98. The van der Waals surface area contributed by atoms with E-state index in [4.69, 9.17) is 16.0 Å². The zero-order valence-electron chi connectivity index (χ0n) is 13.5. The van der Waals surface area contributed by atoms with Gasteiger partial charge in [0, 0.05) is 17.0 Å². The normalized spacial score (nSPS) is 10.9. The van der Waals surface area contributed by atoms with Gasteiger partial charge in [-0.15, -0.1) is 0 Å². The summed E-state index contributed by atoms with van der Waals surface area (Å²) in [6.45, 7) is 0. The number of furan rings is 1. The predicted molar refractivity (Wildman–Crippen MR) is 99.7 cm³/mol. The number of halogens is 1. The molecule has 0 aliphatic rings. The highest BCUT2D eigenvalue weighted by atomic mass is 35.5. The molecule has 0 aliphatic carbocycles. The third-order valence-electron chi connectivity index (χ3n) is 3.60. The van der Waals surface area contributed by atoms with Crippen LogP contribution in [0.15, 0.2) is 76.2 Å². The van der Waals surface area contributed by atoms with E-state index in [0.717, 1.165) is 11.1 Å². The number of amides is 1. The molecule has 25 heavy (non-hydrogen) atoms. The molecule has 5 heteroatoms. The van der Waals surface area contributed by atoms with Crippen LogP contribution in [0.2, 0.25) is 5.02 Å². The zero-order valence-corrected chi connectivity index (χ0v) is 14.2. The first-order valence-corrected chi connectivity index (χ1v) is 8.30. The lowest BCUT2D eigenvalue weighted by Crippen LogP contribution is -2.17. The van der Waals surface area contributed by atoms with Gasteiger partial charge in [-0.1, -0.05) is 54.1 Å². The highest BCUT2D eigenvalue weighted by Gasteiger charge is 2.04. The van der Waals surface area contributed by atoms with Gasteiger partial charge in [0.2, 0.25) is 5.91 Å². The van der Waals surface area contributed by atoms with E-state index < -0.39 is 0 Å². The summed E-state index contributed by atoms with van der Waals surface area (Å²) in [5.41, 5.74) is 4.52. The Balaban J connectivity index is 1.51. The fourth-order valence-electron chi connectivity index (χ4n) is 2.35. The Labute approximate surface area is 151 Å². The van der Waals surface area contributed by atoms with Crippen molar-refractivity contribution in [2.24, 2.45) is 5.10 Å². The van der Waals surface area contributed by atoms with Crippen LogP contribution in [0, 0.1) is 0 Å². The maximum atomic E-state index is 11.8. The number of carbonyl (C=O) groups excluding carboxylic acids is 1. The van der Waals surface area contributed by atoms with Crippen LogP contribution < -0.4 is 5.43 Å². The third-order valence-corrected chi connectivity index (χ3v) is 3.84. The summed E-state index contributed by atoms with van der Waals surface area (Å²) in [7, 11) is 0. The lowest BCUT2D eigenvalue weighted by atomic mass is 10.1. The summed E-state index contributed by atoms with van der Waals surface area (Å²) in [5.74, 6) is 1.11. The van der Waals surface area contributed by atoms with Crippen LogP contribution in [0.5, 0.6) is 0 Å². The molecule has 2 aromatic carbocycles. The van der Waals surface area contributed by atoms with Gasteiger partial charge in [0.25, 0.3) is 0 Å². The largest absolute Gasteiger partial charge is 0.455 e. The van der Waals surface area contributed by atoms with Crippen molar-refractivity contribution in [1.82, 2.24) is 5.43 Å². The van der Waals surface area contributed by atoms with Crippen LogP contribution in [0.3, 0.4) is 0 Å². The van der Waals surface area contributed by atoms with Crippen LogP contribution in [0.1, 0.15) is 17.7 Å². The van der Waals surface area contributed by atoms with E-state index >= 15 is 0 Å². The van der Waals surface area contributed by atoms with Crippen molar-refractivity contribution >= 4 is 23.7 Å².